The molecule has 0 heterocycles. The summed E-state index contributed by atoms with van der Waals surface area (Å²) in [7, 11) is 0. The number of hydrogen-bond donors (Lipinski definition) is 2. The molecule has 0 aliphatic carbocycles. The van der Waals surface area contributed by atoms with Crippen LogP contribution >= 0.6 is 11.8 Å². The summed E-state index contributed by atoms with van der Waals surface area (Å²) in [6, 6.07) is 0. The van der Waals surface area contributed by atoms with E-state index >= 15 is 0 Å². The van der Waals surface area contributed by atoms with Gasteiger partial charge >= 0.3 is 0 Å². The smallest absolute Gasteiger partial charge is 0.0498 e. The van der Waals surface area contributed by atoms with Gasteiger partial charge in [-0.05, 0) is 11.8 Å². The fourth-order valence-corrected chi connectivity index (χ4v) is 0.257. The Morgan fingerprint density at radius 1 is 2.00 bits per heavy atom. The lowest BCUT2D eigenvalue weighted by molar-refractivity contribution is 1.02. The van der Waals surface area contributed by atoms with E-state index < -0.39 is 0 Å². The van der Waals surface area contributed by atoms with Gasteiger partial charge in [-0.25, -0.2) is 4.84 Å². The summed E-state index contributed by atoms with van der Waals surface area (Å²) in [4.78, 5) is 2.31. The summed E-state index contributed by atoms with van der Waals surface area (Å²) in [5.41, 5.74) is 5.61. The van der Waals surface area contributed by atoms with E-state index in [1.165, 1.54) is 0 Å². The summed E-state index contributed by atoms with van der Waals surface area (Å²) in [6.45, 7) is 3.85. The Balaban J connectivity index is 2.83. The van der Waals surface area contributed by atoms with E-state index in [1.807, 2.05) is 0 Å². The van der Waals surface area contributed by atoms with Gasteiger partial charge < -0.3 is 5.73 Å². The quantitative estimate of drug-likeness (QED) is 0.494. The largest absolute Gasteiger partial charge is 0.401 e. The molecule has 0 spiro atoms. The fraction of sp³-hybridized carbons (Fsp3) is 0.333. The summed E-state index contributed by atoms with van der Waals surface area (Å²) in [5.74, 6) is 0. The maximum atomic E-state index is 5.06. The molecular formula is C3H7ClN2. The van der Waals surface area contributed by atoms with E-state index in [0.29, 0.717) is 12.2 Å². The third kappa shape index (κ3) is 3.79. The van der Waals surface area contributed by atoms with Gasteiger partial charge in [0, 0.05) is 12.2 Å². The second kappa shape index (κ2) is 3.00. The van der Waals surface area contributed by atoms with Crippen molar-refractivity contribution in [3.05, 3.63) is 12.3 Å². The minimum absolute atomic E-state index is 0.474. The van der Waals surface area contributed by atoms with Crippen LogP contribution in [0.25, 0.3) is 0 Å². The molecule has 0 amide bonds. The average molecular weight is 107 g/mol. The molecule has 6 heavy (non-hydrogen) atoms. The maximum absolute atomic E-state index is 5.06. The Labute approximate surface area is 42.1 Å². The molecular weight excluding hydrogens is 99.5 g/mol. The van der Waals surface area contributed by atoms with Gasteiger partial charge in [0.1, 0.15) is 0 Å². The predicted octanol–water partition coefficient (Wildman–Crippen LogP) is 0.202. The van der Waals surface area contributed by atoms with Crippen LogP contribution in [0.2, 0.25) is 0 Å². The molecule has 0 atom stereocenters. The van der Waals surface area contributed by atoms with Gasteiger partial charge in [0.25, 0.3) is 0 Å². The Morgan fingerprint density at radius 2 is 2.50 bits per heavy atom. The van der Waals surface area contributed by atoms with Crippen molar-refractivity contribution in [2.75, 3.05) is 6.54 Å². The second-order valence-corrected chi connectivity index (χ2v) is 1.24. The molecule has 0 aromatic rings. The second-order valence-electron chi connectivity index (χ2n) is 0.969. The highest BCUT2D eigenvalue weighted by Gasteiger charge is 1.76. The minimum Gasteiger partial charge on any atom is -0.401 e. The number of nitrogens with two attached hydrogens (primary N) is 1. The first-order chi connectivity index (χ1) is 2.77. The van der Waals surface area contributed by atoms with Gasteiger partial charge in [-0.3, -0.25) is 0 Å². The summed E-state index contributed by atoms with van der Waals surface area (Å²) in [6.07, 6.45) is 0. The van der Waals surface area contributed by atoms with Gasteiger partial charge in [-0.1, -0.05) is 6.58 Å². The van der Waals surface area contributed by atoms with E-state index in [9.17, 15) is 0 Å². The van der Waals surface area contributed by atoms with Crippen LogP contribution in [0, 0.1) is 0 Å². The van der Waals surface area contributed by atoms with Crippen LogP contribution in [0.3, 0.4) is 0 Å². The molecule has 3 N–H and O–H groups in total. The first-order valence-corrected chi connectivity index (χ1v) is 1.92. The highest BCUT2D eigenvalue weighted by molar-refractivity contribution is 6.13. The van der Waals surface area contributed by atoms with E-state index in [4.69, 9.17) is 17.5 Å². The molecule has 0 aliphatic rings. The van der Waals surface area contributed by atoms with E-state index in [2.05, 4.69) is 11.4 Å². The number of rotatable bonds is 2. The van der Waals surface area contributed by atoms with Gasteiger partial charge in [0.05, 0.1) is 0 Å². The van der Waals surface area contributed by atoms with Crippen LogP contribution < -0.4 is 10.6 Å². The third-order valence-corrected chi connectivity index (χ3v) is 0.428. The first kappa shape index (κ1) is 5.79. The van der Waals surface area contributed by atoms with Gasteiger partial charge in [0.2, 0.25) is 0 Å². The molecule has 0 saturated heterocycles. The zero-order valence-corrected chi connectivity index (χ0v) is 4.13. The Hall–Kier alpha value is -0.210. The predicted molar refractivity (Wildman–Crippen MR) is 27.2 cm³/mol. The fourth-order valence-electron chi connectivity index (χ4n) is 0.0858. The van der Waals surface area contributed by atoms with E-state index in [-0.39, 0.29) is 0 Å². The minimum atomic E-state index is 0.474. The molecule has 0 saturated carbocycles. The number of halogens is 1. The normalized spacial score (nSPS) is 8.17. The molecule has 0 bridgehead atoms. The molecule has 2 nitrogen and oxygen atoms in total. The number of nitrogens with one attached hydrogen (secondary N) is 1. The Morgan fingerprint density at radius 3 is 2.50 bits per heavy atom. The molecule has 0 rings (SSSR count). The summed E-state index contributed by atoms with van der Waals surface area (Å²) >= 11 is 5.01. The van der Waals surface area contributed by atoms with Gasteiger partial charge in [-0.15, -0.1) is 0 Å². The average Bonchev–Trinajstić information content (AvgIpc) is 1.35. The Bertz CT molecular complexity index is 52.8. The van der Waals surface area contributed by atoms with Crippen LogP contribution in [0.5, 0.6) is 0 Å². The van der Waals surface area contributed by atoms with Crippen molar-refractivity contribution in [3.8, 4) is 0 Å². The molecule has 36 valence electrons. The van der Waals surface area contributed by atoms with Crippen molar-refractivity contribution in [2.24, 2.45) is 5.73 Å². The third-order valence-electron chi connectivity index (χ3n) is 0.294. The van der Waals surface area contributed by atoms with Crippen LogP contribution in [0.4, 0.5) is 0 Å². The van der Waals surface area contributed by atoms with E-state index in [0.717, 1.165) is 0 Å². The molecule has 0 radical (unpaired) electrons. The van der Waals surface area contributed by atoms with Gasteiger partial charge in [-0.2, -0.15) is 0 Å². The zero-order chi connectivity index (χ0) is 4.99. The first-order valence-electron chi connectivity index (χ1n) is 1.54. The molecule has 0 aromatic heterocycles. The van der Waals surface area contributed by atoms with Crippen LogP contribution in [-0.4, -0.2) is 6.54 Å². The molecule has 0 fully saturated rings. The standard InChI is InChI=1S/C3H7ClN2/c1-3(5)2-6-4/h6H,1-2,5H2. The molecule has 0 aliphatic heterocycles. The van der Waals surface area contributed by atoms with Crippen LogP contribution in [-0.2, 0) is 0 Å². The van der Waals surface area contributed by atoms with Crippen molar-refractivity contribution in [1.82, 2.24) is 4.84 Å². The van der Waals surface area contributed by atoms with E-state index in [1.54, 1.807) is 0 Å². The van der Waals surface area contributed by atoms with Gasteiger partial charge in [0.15, 0.2) is 0 Å². The van der Waals surface area contributed by atoms with Crippen molar-refractivity contribution >= 4 is 11.8 Å². The molecule has 3 heteroatoms. The highest BCUT2D eigenvalue weighted by atomic mass is 35.5. The lowest BCUT2D eigenvalue weighted by atomic mass is 10.5. The summed E-state index contributed by atoms with van der Waals surface area (Å²) in [5, 5.41) is 0. The highest BCUT2D eigenvalue weighted by Crippen LogP contribution is 1.70. The number of hydrogen-bond acceptors (Lipinski definition) is 2. The van der Waals surface area contributed by atoms with Crippen molar-refractivity contribution in [1.29, 1.82) is 0 Å². The monoisotopic (exact) mass is 106 g/mol. The zero-order valence-electron chi connectivity index (χ0n) is 3.37. The summed E-state index contributed by atoms with van der Waals surface area (Å²) < 4.78 is 0. The van der Waals surface area contributed by atoms with Crippen molar-refractivity contribution in [3.63, 3.8) is 0 Å². The maximum Gasteiger partial charge on any atom is 0.0498 e. The van der Waals surface area contributed by atoms with Crippen molar-refractivity contribution < 1.29 is 0 Å². The lowest BCUT2D eigenvalue weighted by Crippen LogP contribution is -2.09. The molecule has 0 unspecified atom stereocenters. The van der Waals surface area contributed by atoms with Crippen LogP contribution in [0.15, 0.2) is 12.3 Å². The SMILES string of the molecule is C=C(N)CNCl. The Kier molecular flexibility index (Phi) is 2.89. The lowest BCUT2D eigenvalue weighted by Gasteiger charge is -1.89. The van der Waals surface area contributed by atoms with Crippen LogP contribution in [0.1, 0.15) is 0 Å². The van der Waals surface area contributed by atoms with Crippen molar-refractivity contribution in [2.45, 2.75) is 0 Å². The topological polar surface area (TPSA) is 38.0 Å². The molecule has 0 aromatic carbocycles.